The highest BCUT2D eigenvalue weighted by atomic mass is 16.5. The molecule has 1 amide bonds. The number of phenols is 1. The van der Waals surface area contributed by atoms with E-state index >= 15 is 0 Å². The Hall–Kier alpha value is -5.22. The molecule has 0 spiro atoms. The summed E-state index contributed by atoms with van der Waals surface area (Å²) in [5.41, 5.74) is 10.2. The van der Waals surface area contributed by atoms with Gasteiger partial charge in [-0.1, -0.05) is 55.5 Å². The molecule has 0 heterocycles. The van der Waals surface area contributed by atoms with Gasteiger partial charge in [-0.15, -0.1) is 0 Å². The first-order valence-electron chi connectivity index (χ1n) is 16.7. The summed E-state index contributed by atoms with van der Waals surface area (Å²) < 4.78 is 5.35. The van der Waals surface area contributed by atoms with Crippen LogP contribution in [0.2, 0.25) is 0 Å². The van der Waals surface area contributed by atoms with Gasteiger partial charge in [-0.05, 0) is 90.0 Å². The fourth-order valence-corrected chi connectivity index (χ4v) is 7.76. The summed E-state index contributed by atoms with van der Waals surface area (Å²) in [7, 11) is 0. The number of carbonyl (C=O) groups excluding carboxylic acids is 4. The third-order valence-corrected chi connectivity index (χ3v) is 10.0. The zero-order valence-corrected chi connectivity index (χ0v) is 27.5. The minimum absolute atomic E-state index is 0.0252. The number of primary amides is 1. The smallest absolute Gasteiger partial charge is 0.323 e. The monoisotopic (exact) mass is 664 g/mol. The van der Waals surface area contributed by atoms with Gasteiger partial charge >= 0.3 is 5.97 Å². The number of phenolic OH excluding ortho intramolecular Hbond substituents is 1. The standard InChI is InChI=1S/C39H40N2O8/c1-3-22-11-10-21(19-41-28(39(48)49-4-2)15-20-8-6-5-7-9-20)14-26(22)25-12-13-29(42)33-27(25)17-23-16-24-18-30(43)34(38(40)47)37(46)32(24)35(44)31(23)36(33)45/h5-14,23-24,28,32,41-44H,3-4,15-19H2,1-2H3,(H2,40,47)/t23-,24+,28?,32?/m1/s1. The van der Waals surface area contributed by atoms with Crippen molar-refractivity contribution in [2.45, 2.75) is 58.5 Å². The average Bonchev–Trinajstić information content (AvgIpc) is 3.06. The minimum atomic E-state index is -1.17. The van der Waals surface area contributed by atoms with Crippen molar-refractivity contribution < 1.29 is 39.2 Å². The van der Waals surface area contributed by atoms with Crippen LogP contribution in [0.4, 0.5) is 0 Å². The van der Waals surface area contributed by atoms with E-state index in [0.29, 0.717) is 37.8 Å². The van der Waals surface area contributed by atoms with Crippen molar-refractivity contribution >= 4 is 23.4 Å². The van der Waals surface area contributed by atoms with E-state index in [1.165, 1.54) is 6.07 Å². The molecule has 0 saturated heterocycles. The van der Waals surface area contributed by atoms with E-state index in [1.54, 1.807) is 13.0 Å². The van der Waals surface area contributed by atoms with Crippen molar-refractivity contribution in [1.29, 1.82) is 0 Å². The van der Waals surface area contributed by atoms with E-state index < -0.39 is 58.4 Å². The van der Waals surface area contributed by atoms with Crippen LogP contribution in [0, 0.1) is 17.8 Å². The summed E-state index contributed by atoms with van der Waals surface area (Å²) >= 11 is 0. The second-order valence-corrected chi connectivity index (χ2v) is 13.0. The van der Waals surface area contributed by atoms with Crippen molar-refractivity contribution in [2.24, 2.45) is 23.5 Å². The average molecular weight is 665 g/mol. The molecular formula is C39H40N2O8. The summed E-state index contributed by atoms with van der Waals surface area (Å²) in [5.74, 6) is -6.01. The predicted octanol–water partition coefficient (Wildman–Crippen LogP) is 4.96. The molecular weight excluding hydrogens is 624 g/mol. The lowest BCUT2D eigenvalue weighted by Gasteiger charge is -2.41. The molecule has 2 unspecified atom stereocenters. The molecule has 0 bridgehead atoms. The Kier molecular flexibility index (Phi) is 9.43. The highest BCUT2D eigenvalue weighted by molar-refractivity contribution is 6.22. The number of hydrogen-bond donors (Lipinski definition) is 5. The number of ketones is 2. The van der Waals surface area contributed by atoms with Gasteiger partial charge in [-0.3, -0.25) is 19.2 Å². The molecule has 49 heavy (non-hydrogen) atoms. The van der Waals surface area contributed by atoms with Gasteiger partial charge in [-0.2, -0.15) is 0 Å². The van der Waals surface area contributed by atoms with Crippen LogP contribution < -0.4 is 11.1 Å². The van der Waals surface area contributed by atoms with Crippen LogP contribution in [0.1, 0.15) is 59.3 Å². The number of allylic oxidation sites excluding steroid dienone is 3. The maximum Gasteiger partial charge on any atom is 0.323 e. The number of hydrogen-bond acceptors (Lipinski definition) is 9. The molecule has 3 aromatic rings. The van der Waals surface area contributed by atoms with Gasteiger partial charge in [-0.25, -0.2) is 0 Å². The molecule has 4 atom stereocenters. The van der Waals surface area contributed by atoms with Crippen LogP contribution in [0.25, 0.3) is 11.1 Å². The van der Waals surface area contributed by atoms with Gasteiger partial charge in [0.1, 0.15) is 28.9 Å². The number of ether oxygens (including phenoxy) is 1. The lowest BCUT2D eigenvalue weighted by molar-refractivity contribution is -0.145. The number of aromatic hydroxyl groups is 1. The van der Waals surface area contributed by atoms with Crippen LogP contribution in [0.5, 0.6) is 5.75 Å². The summed E-state index contributed by atoms with van der Waals surface area (Å²) in [6.07, 6.45) is 1.75. The largest absolute Gasteiger partial charge is 0.511 e. The first-order chi connectivity index (χ1) is 23.5. The highest BCUT2D eigenvalue weighted by Crippen LogP contribution is 2.51. The third kappa shape index (κ3) is 6.24. The van der Waals surface area contributed by atoms with E-state index in [0.717, 1.165) is 27.8 Å². The SMILES string of the molecule is CCOC(=O)C(Cc1ccccc1)NCc1ccc(CC)c(-c2ccc(O)c3c2C[C@H]2C[C@H]4CC(O)=C(C(N)=O)C(=O)C4C(O)=C2C3=O)c1. The van der Waals surface area contributed by atoms with Crippen LogP contribution >= 0.6 is 0 Å². The zero-order chi connectivity index (χ0) is 35.0. The molecule has 254 valence electrons. The summed E-state index contributed by atoms with van der Waals surface area (Å²) in [6.45, 7) is 4.45. The number of nitrogens with two attached hydrogens (primary N) is 1. The van der Waals surface area contributed by atoms with Crippen molar-refractivity contribution in [3.8, 4) is 16.9 Å². The number of esters is 1. The summed E-state index contributed by atoms with van der Waals surface area (Å²) in [5, 5.41) is 36.2. The van der Waals surface area contributed by atoms with E-state index in [2.05, 4.69) is 5.32 Å². The number of carbonyl (C=O) groups is 4. The summed E-state index contributed by atoms with van der Waals surface area (Å²) in [4.78, 5) is 52.1. The maximum absolute atomic E-state index is 14.1. The summed E-state index contributed by atoms with van der Waals surface area (Å²) in [6, 6.07) is 18.5. The van der Waals surface area contributed by atoms with Gasteiger partial charge < -0.3 is 31.1 Å². The van der Waals surface area contributed by atoms with Crippen molar-refractivity contribution in [2.75, 3.05) is 6.61 Å². The number of rotatable bonds is 10. The first-order valence-corrected chi connectivity index (χ1v) is 16.7. The molecule has 0 saturated carbocycles. The molecule has 3 aliphatic carbocycles. The normalized spacial score (nSPS) is 20.7. The molecule has 6 N–H and O–H groups in total. The highest BCUT2D eigenvalue weighted by Gasteiger charge is 2.50. The molecule has 0 radical (unpaired) electrons. The zero-order valence-electron chi connectivity index (χ0n) is 27.5. The van der Waals surface area contributed by atoms with Crippen LogP contribution in [-0.4, -0.2) is 51.4 Å². The Bertz CT molecular complexity index is 1910. The van der Waals surface area contributed by atoms with Crippen LogP contribution in [-0.2, 0) is 44.9 Å². The topological polar surface area (TPSA) is 176 Å². The van der Waals surface area contributed by atoms with Crippen molar-refractivity contribution in [3.05, 3.63) is 111 Å². The number of aliphatic hydroxyl groups is 2. The van der Waals surface area contributed by atoms with E-state index in [4.69, 9.17) is 10.5 Å². The van der Waals surface area contributed by atoms with Crippen LogP contribution in [0.3, 0.4) is 0 Å². The Labute approximate surface area is 284 Å². The molecule has 3 aliphatic rings. The fourth-order valence-electron chi connectivity index (χ4n) is 7.76. The number of fused-ring (bicyclic) bond motifs is 3. The second kappa shape index (κ2) is 13.7. The Morgan fingerprint density at radius 3 is 2.41 bits per heavy atom. The fraction of sp³-hybridized carbons (Fsp3) is 0.333. The maximum atomic E-state index is 14.1. The second-order valence-electron chi connectivity index (χ2n) is 13.0. The molecule has 0 aliphatic heterocycles. The predicted molar refractivity (Wildman–Crippen MR) is 182 cm³/mol. The van der Waals surface area contributed by atoms with Gasteiger partial charge in [0.25, 0.3) is 5.91 Å². The first kappa shape index (κ1) is 33.7. The molecule has 0 aromatic heterocycles. The lowest BCUT2D eigenvalue weighted by Crippen LogP contribution is -2.43. The number of amides is 1. The van der Waals surface area contributed by atoms with Crippen LogP contribution in [0.15, 0.2) is 83.3 Å². The Balaban J connectivity index is 1.34. The van der Waals surface area contributed by atoms with Gasteiger partial charge in [0.15, 0.2) is 11.6 Å². The number of aryl methyl sites for hydroxylation is 1. The van der Waals surface area contributed by atoms with E-state index in [9.17, 15) is 34.5 Å². The lowest BCUT2D eigenvalue weighted by atomic mass is 9.62. The minimum Gasteiger partial charge on any atom is -0.511 e. The number of aliphatic hydroxyl groups excluding tert-OH is 2. The number of Topliss-reactive ketones (excluding diaryl/α,β-unsaturated/α-hetero) is 2. The number of benzene rings is 3. The van der Waals surface area contributed by atoms with E-state index in [1.807, 2.05) is 55.5 Å². The number of nitrogens with one attached hydrogen (secondary N) is 1. The van der Waals surface area contributed by atoms with Gasteiger partial charge in [0, 0.05) is 18.5 Å². The molecule has 10 heteroatoms. The van der Waals surface area contributed by atoms with Crippen molar-refractivity contribution in [1.82, 2.24) is 5.32 Å². The van der Waals surface area contributed by atoms with Crippen molar-refractivity contribution in [3.63, 3.8) is 0 Å². The Morgan fingerprint density at radius 1 is 0.959 bits per heavy atom. The van der Waals surface area contributed by atoms with Gasteiger partial charge in [0.05, 0.1) is 18.1 Å². The molecule has 3 aromatic carbocycles. The third-order valence-electron chi connectivity index (χ3n) is 10.0. The molecule has 0 fully saturated rings. The molecule has 10 nitrogen and oxygen atoms in total. The van der Waals surface area contributed by atoms with E-state index in [-0.39, 0.29) is 35.9 Å². The van der Waals surface area contributed by atoms with Gasteiger partial charge in [0.2, 0.25) is 0 Å². The quantitative estimate of drug-likeness (QED) is 0.148. The Morgan fingerprint density at radius 2 is 1.71 bits per heavy atom. The molecule has 6 rings (SSSR count).